The predicted octanol–water partition coefficient (Wildman–Crippen LogP) is 11.9. The summed E-state index contributed by atoms with van der Waals surface area (Å²) >= 11 is 0. The number of pyridine rings is 2. The average Bonchev–Trinajstić information content (AvgIpc) is 3.52. The van der Waals surface area contributed by atoms with E-state index in [1.54, 1.807) is 12.1 Å². The topological polar surface area (TPSA) is 38.9 Å². The van der Waals surface area contributed by atoms with Crippen molar-refractivity contribution >= 4 is 43.5 Å². The molecule has 0 aliphatic rings. The summed E-state index contributed by atoms with van der Waals surface area (Å²) in [5.41, 5.74) is 7.64. The van der Waals surface area contributed by atoms with E-state index in [-0.39, 0.29) is 37.8 Å². The molecule has 0 aliphatic carbocycles. The molecule has 3 nitrogen and oxygen atoms in total. The fraction of sp³-hybridized carbons (Fsp3) is 0.163. The van der Waals surface area contributed by atoms with Crippen LogP contribution in [0.15, 0.2) is 120 Å². The van der Waals surface area contributed by atoms with Crippen molar-refractivity contribution in [3.63, 3.8) is 0 Å². The second-order valence-corrected chi connectivity index (χ2v) is 12.1. The van der Waals surface area contributed by atoms with E-state index < -0.39 is 6.85 Å². The third-order valence-corrected chi connectivity index (χ3v) is 8.37. The van der Waals surface area contributed by atoms with Crippen LogP contribution < -0.4 is 0 Å². The Hall–Kier alpha value is -4.63. The SMILES string of the molecule is CC(C)c1ccnc(-c2[c-]ccc3c2oc2cc(C(C)C)ccc23)c1.[2H]c1c([2H])c2ccccc2c2c[c-]c(-c3ccc(C([2H])([2H])[2H])cn3)cc12.[Ir]. The fourth-order valence-corrected chi connectivity index (χ4v) is 5.73. The summed E-state index contributed by atoms with van der Waals surface area (Å²) in [6.45, 7) is 6.59. The average molecular weight is 794 g/mol. The van der Waals surface area contributed by atoms with Gasteiger partial charge >= 0.3 is 0 Å². The van der Waals surface area contributed by atoms with Crippen LogP contribution in [-0.4, -0.2) is 9.97 Å². The summed E-state index contributed by atoms with van der Waals surface area (Å²) < 4.78 is 45.1. The van der Waals surface area contributed by atoms with Gasteiger partial charge in [0.25, 0.3) is 0 Å². The van der Waals surface area contributed by atoms with E-state index in [0.29, 0.717) is 28.5 Å². The molecule has 0 unspecified atom stereocenters. The van der Waals surface area contributed by atoms with Gasteiger partial charge in [-0.15, -0.1) is 47.3 Å². The maximum Gasteiger partial charge on any atom is 0.121 e. The minimum absolute atomic E-state index is 0. The predicted molar refractivity (Wildman–Crippen MR) is 192 cm³/mol. The molecule has 0 saturated heterocycles. The zero-order chi connectivity index (χ0) is 36.0. The molecule has 0 saturated carbocycles. The molecule has 235 valence electrons. The van der Waals surface area contributed by atoms with Gasteiger partial charge in [0.05, 0.1) is 8.32 Å². The van der Waals surface area contributed by atoms with Crippen molar-refractivity contribution in [2.24, 2.45) is 0 Å². The molecule has 0 amide bonds. The first-order chi connectivity index (χ1) is 24.4. The Bertz CT molecular complexity index is 2560. The Morgan fingerprint density at radius 3 is 2.32 bits per heavy atom. The van der Waals surface area contributed by atoms with E-state index in [1.807, 2.05) is 42.6 Å². The standard InChI is InChI=1S/C23H22NO.C20H14N.Ir/c1-14(2)16-8-9-18-19-6-5-7-20(23(19)25-22(18)13-16)21-12-17(15(3)4)10-11-24-21;1-14-6-11-20(21-13-14)17-9-10-19-16(12-17)8-7-15-4-2-3-5-18(15)19;/h5-6,8-15H,1-4H3;2-8,10-13H,1H3;/q2*-1;/i;1D3,7D,8D;. The molecule has 8 aromatic rings. The Labute approximate surface area is 297 Å². The molecule has 0 atom stereocenters. The van der Waals surface area contributed by atoms with Gasteiger partial charge in [0.2, 0.25) is 0 Å². The Morgan fingerprint density at radius 2 is 1.53 bits per heavy atom. The normalized spacial score (nSPS) is 13.1. The minimum Gasteiger partial charge on any atom is -0.501 e. The first-order valence-corrected chi connectivity index (χ1v) is 15.5. The number of aromatic nitrogens is 2. The van der Waals surface area contributed by atoms with Crippen LogP contribution in [0.5, 0.6) is 0 Å². The Kier molecular flexibility index (Phi) is 7.66. The van der Waals surface area contributed by atoms with E-state index in [1.165, 1.54) is 23.4 Å². The third kappa shape index (κ3) is 6.49. The first kappa shape index (κ1) is 26.4. The zero-order valence-electron chi connectivity index (χ0n) is 31.6. The summed E-state index contributed by atoms with van der Waals surface area (Å²) in [6, 6.07) is 36.0. The molecule has 1 radical (unpaired) electrons. The van der Waals surface area contributed by atoms with Gasteiger partial charge in [0.1, 0.15) is 5.58 Å². The molecule has 5 aromatic carbocycles. The molecular weight excluding hydrogens is 753 g/mol. The van der Waals surface area contributed by atoms with Crippen molar-refractivity contribution in [2.45, 2.75) is 46.4 Å². The molecule has 3 heterocycles. The van der Waals surface area contributed by atoms with Crippen molar-refractivity contribution < 1.29 is 31.4 Å². The summed E-state index contributed by atoms with van der Waals surface area (Å²) in [5.74, 6) is 0.943. The summed E-state index contributed by atoms with van der Waals surface area (Å²) in [4.78, 5) is 8.80. The monoisotopic (exact) mass is 794 g/mol. The van der Waals surface area contributed by atoms with Crippen LogP contribution in [0.25, 0.3) is 66.0 Å². The van der Waals surface area contributed by atoms with Crippen molar-refractivity contribution in [1.82, 2.24) is 9.97 Å². The summed E-state index contributed by atoms with van der Waals surface area (Å²) in [6.07, 6.45) is 3.22. The quantitative estimate of drug-likeness (QED) is 0.132. The number of furan rings is 1. The van der Waals surface area contributed by atoms with E-state index >= 15 is 0 Å². The Morgan fingerprint density at radius 1 is 0.723 bits per heavy atom. The molecule has 0 aliphatic heterocycles. The van der Waals surface area contributed by atoms with Gasteiger partial charge < -0.3 is 14.4 Å². The van der Waals surface area contributed by atoms with Crippen LogP contribution in [0.4, 0.5) is 0 Å². The van der Waals surface area contributed by atoms with Crippen molar-refractivity contribution in [2.75, 3.05) is 0 Å². The van der Waals surface area contributed by atoms with Crippen molar-refractivity contribution in [1.29, 1.82) is 0 Å². The number of rotatable bonds is 4. The van der Waals surface area contributed by atoms with Crippen LogP contribution >= 0.6 is 0 Å². The number of hydrogen-bond donors (Lipinski definition) is 0. The van der Waals surface area contributed by atoms with Gasteiger partial charge in [0, 0.05) is 42.0 Å². The van der Waals surface area contributed by atoms with Gasteiger partial charge in [-0.1, -0.05) is 122 Å². The number of benzene rings is 5. The van der Waals surface area contributed by atoms with E-state index in [9.17, 15) is 0 Å². The van der Waals surface area contributed by atoms with Gasteiger partial charge in [-0.05, 0) is 58.7 Å². The second-order valence-electron chi connectivity index (χ2n) is 12.1. The molecule has 3 aromatic heterocycles. The van der Waals surface area contributed by atoms with Crippen LogP contribution in [0, 0.1) is 19.0 Å². The van der Waals surface area contributed by atoms with Crippen LogP contribution in [0.1, 0.15) is 63.1 Å². The van der Waals surface area contributed by atoms with Gasteiger partial charge in [-0.25, -0.2) is 0 Å². The van der Waals surface area contributed by atoms with Crippen LogP contribution in [0.3, 0.4) is 0 Å². The molecular formula is C43H36IrN2O-2. The number of nitrogens with zero attached hydrogens (tertiary/aromatic N) is 2. The van der Waals surface area contributed by atoms with E-state index in [4.69, 9.17) is 11.3 Å². The largest absolute Gasteiger partial charge is 0.501 e. The summed E-state index contributed by atoms with van der Waals surface area (Å²) in [7, 11) is 0. The zero-order valence-corrected chi connectivity index (χ0v) is 29.0. The van der Waals surface area contributed by atoms with Crippen molar-refractivity contribution in [3.8, 4) is 22.5 Å². The van der Waals surface area contributed by atoms with Crippen molar-refractivity contribution in [3.05, 3.63) is 144 Å². The number of aryl methyl sites for hydroxylation is 1. The molecule has 0 N–H and O–H groups in total. The van der Waals surface area contributed by atoms with E-state index in [2.05, 4.69) is 86.2 Å². The summed E-state index contributed by atoms with van der Waals surface area (Å²) in [5, 5.41) is 5.45. The molecule has 8 rings (SSSR count). The first-order valence-electron chi connectivity index (χ1n) is 18.0. The minimum atomic E-state index is -2.19. The molecule has 0 fully saturated rings. The molecule has 4 heteroatoms. The van der Waals surface area contributed by atoms with E-state index in [0.717, 1.165) is 49.4 Å². The fourth-order valence-electron chi connectivity index (χ4n) is 5.73. The molecule has 0 bridgehead atoms. The number of hydrogen-bond acceptors (Lipinski definition) is 3. The molecule has 47 heavy (non-hydrogen) atoms. The van der Waals surface area contributed by atoms with Crippen LogP contribution in [-0.2, 0) is 20.1 Å². The number of fused-ring (bicyclic) bond motifs is 6. The van der Waals surface area contributed by atoms with Gasteiger partial charge in [-0.2, -0.15) is 0 Å². The Balaban J connectivity index is 0.000000175. The van der Waals surface area contributed by atoms with Crippen LogP contribution in [0.2, 0.25) is 0 Å². The van der Waals surface area contributed by atoms with Gasteiger partial charge in [0.15, 0.2) is 0 Å². The maximum atomic E-state index is 8.35. The maximum absolute atomic E-state index is 8.35. The molecule has 0 spiro atoms. The smallest absolute Gasteiger partial charge is 0.121 e. The third-order valence-electron chi connectivity index (χ3n) is 8.37. The second kappa shape index (κ2) is 13.6. The van der Waals surface area contributed by atoms with Gasteiger partial charge in [-0.3, -0.25) is 0 Å².